The van der Waals surface area contributed by atoms with Crippen molar-refractivity contribution >= 4 is 6.08 Å². The van der Waals surface area contributed by atoms with E-state index >= 15 is 0 Å². The number of hydrogen-bond donors (Lipinski definition) is 0. The molecule has 0 aliphatic rings. The molecule has 0 atom stereocenters. The molecule has 90 valence electrons. The van der Waals surface area contributed by atoms with Crippen LogP contribution in [-0.4, -0.2) is 13.2 Å². The lowest BCUT2D eigenvalue weighted by Gasteiger charge is -2.06. The molecular formula is C12H14FN3O. The second kappa shape index (κ2) is 7.30. The maximum absolute atomic E-state index is 13.1. The molecule has 0 saturated heterocycles. The maximum atomic E-state index is 13.1. The van der Waals surface area contributed by atoms with Crippen LogP contribution < -0.4 is 4.74 Å². The van der Waals surface area contributed by atoms with Gasteiger partial charge in [-0.3, -0.25) is 0 Å². The van der Waals surface area contributed by atoms with Crippen LogP contribution >= 0.6 is 0 Å². The third-order valence-corrected chi connectivity index (χ3v) is 2.03. The minimum Gasteiger partial charge on any atom is -0.493 e. The van der Waals surface area contributed by atoms with E-state index in [-0.39, 0.29) is 5.82 Å². The molecule has 0 heterocycles. The lowest BCUT2D eigenvalue weighted by atomic mass is 10.1. The monoisotopic (exact) mass is 235 g/mol. The zero-order chi connectivity index (χ0) is 12.5. The van der Waals surface area contributed by atoms with Gasteiger partial charge in [0.15, 0.2) is 0 Å². The Balaban J connectivity index is 2.73. The summed E-state index contributed by atoms with van der Waals surface area (Å²) in [4.78, 5) is 2.65. The summed E-state index contributed by atoms with van der Waals surface area (Å²) in [6, 6.07) is 4.38. The van der Waals surface area contributed by atoms with Gasteiger partial charge in [-0.15, -0.1) is 0 Å². The van der Waals surface area contributed by atoms with Crippen LogP contribution in [0.1, 0.15) is 18.9 Å². The molecule has 0 amide bonds. The Hall–Kier alpha value is -2.00. The van der Waals surface area contributed by atoms with Crippen molar-refractivity contribution in [3.05, 3.63) is 46.1 Å². The standard InChI is InChI=1S/C12H14FN3O/c1-2-17-12-7-6-11(13)9-10(12)5-3-4-8-15-16-14/h3,5-7,9H,2,4,8H2,1H3. The van der Waals surface area contributed by atoms with Crippen molar-refractivity contribution in [1.82, 2.24) is 0 Å². The van der Waals surface area contributed by atoms with Crippen molar-refractivity contribution < 1.29 is 9.13 Å². The molecule has 0 aliphatic heterocycles. The summed E-state index contributed by atoms with van der Waals surface area (Å²) >= 11 is 0. The van der Waals surface area contributed by atoms with E-state index in [4.69, 9.17) is 10.3 Å². The fourth-order valence-electron chi connectivity index (χ4n) is 1.32. The number of benzene rings is 1. The van der Waals surface area contributed by atoms with Crippen molar-refractivity contribution in [2.24, 2.45) is 5.11 Å². The van der Waals surface area contributed by atoms with Crippen LogP contribution in [0.4, 0.5) is 4.39 Å². The van der Waals surface area contributed by atoms with Gasteiger partial charge in [-0.2, -0.15) is 0 Å². The van der Waals surface area contributed by atoms with E-state index < -0.39 is 0 Å². The van der Waals surface area contributed by atoms with Crippen molar-refractivity contribution in [1.29, 1.82) is 0 Å². The van der Waals surface area contributed by atoms with E-state index in [1.807, 2.05) is 13.0 Å². The maximum Gasteiger partial charge on any atom is 0.126 e. The highest BCUT2D eigenvalue weighted by Crippen LogP contribution is 2.21. The summed E-state index contributed by atoms with van der Waals surface area (Å²) in [5.74, 6) is 0.345. The Morgan fingerprint density at radius 1 is 1.53 bits per heavy atom. The van der Waals surface area contributed by atoms with Crippen LogP contribution in [0.2, 0.25) is 0 Å². The lowest BCUT2D eigenvalue weighted by Crippen LogP contribution is -1.94. The highest BCUT2D eigenvalue weighted by molar-refractivity contribution is 5.57. The molecule has 1 aromatic carbocycles. The smallest absolute Gasteiger partial charge is 0.126 e. The van der Waals surface area contributed by atoms with Gasteiger partial charge in [0.25, 0.3) is 0 Å². The quantitative estimate of drug-likeness (QED) is 0.319. The molecule has 0 bridgehead atoms. The molecule has 1 rings (SSSR count). The molecule has 0 aromatic heterocycles. The van der Waals surface area contributed by atoms with Gasteiger partial charge in [0.05, 0.1) is 6.61 Å². The first-order valence-corrected chi connectivity index (χ1v) is 5.37. The molecule has 1 aromatic rings. The highest BCUT2D eigenvalue weighted by Gasteiger charge is 2.01. The van der Waals surface area contributed by atoms with E-state index in [1.165, 1.54) is 12.1 Å². The predicted molar refractivity (Wildman–Crippen MR) is 65.2 cm³/mol. The van der Waals surface area contributed by atoms with Crippen LogP contribution in [-0.2, 0) is 0 Å². The molecule has 5 heteroatoms. The molecule has 0 aliphatic carbocycles. The summed E-state index contributed by atoms with van der Waals surface area (Å²) in [6.07, 6.45) is 4.21. The average Bonchev–Trinajstić information content (AvgIpc) is 2.32. The molecule has 0 unspecified atom stereocenters. The Kier molecular flexibility index (Phi) is 5.61. The summed E-state index contributed by atoms with van der Waals surface area (Å²) < 4.78 is 18.4. The lowest BCUT2D eigenvalue weighted by molar-refractivity contribution is 0.339. The molecule has 4 nitrogen and oxygen atoms in total. The van der Waals surface area contributed by atoms with Crippen molar-refractivity contribution in [2.75, 3.05) is 13.2 Å². The fourth-order valence-corrected chi connectivity index (χ4v) is 1.32. The van der Waals surface area contributed by atoms with Crippen LogP contribution in [0.25, 0.3) is 16.5 Å². The van der Waals surface area contributed by atoms with Crippen LogP contribution in [0.15, 0.2) is 29.4 Å². The number of ether oxygens (including phenoxy) is 1. The second-order valence-electron chi connectivity index (χ2n) is 3.26. The van der Waals surface area contributed by atoms with E-state index in [2.05, 4.69) is 10.0 Å². The Bertz CT molecular complexity index is 439. The predicted octanol–water partition coefficient (Wildman–Crippen LogP) is 3.94. The summed E-state index contributed by atoms with van der Waals surface area (Å²) in [6.45, 7) is 2.80. The van der Waals surface area contributed by atoms with Gasteiger partial charge in [0, 0.05) is 17.0 Å². The van der Waals surface area contributed by atoms with Crippen LogP contribution in [0.3, 0.4) is 0 Å². The zero-order valence-corrected chi connectivity index (χ0v) is 9.64. The van der Waals surface area contributed by atoms with Gasteiger partial charge in [0.1, 0.15) is 11.6 Å². The number of azide groups is 1. The van der Waals surface area contributed by atoms with Gasteiger partial charge >= 0.3 is 0 Å². The minimum atomic E-state index is -0.303. The Morgan fingerprint density at radius 2 is 2.35 bits per heavy atom. The van der Waals surface area contributed by atoms with Crippen molar-refractivity contribution in [3.63, 3.8) is 0 Å². The van der Waals surface area contributed by atoms with E-state index in [0.717, 1.165) is 0 Å². The zero-order valence-electron chi connectivity index (χ0n) is 9.64. The number of halogens is 1. The van der Waals surface area contributed by atoms with Gasteiger partial charge < -0.3 is 4.74 Å². The SMILES string of the molecule is CCOc1ccc(F)cc1C=CCCN=[N+]=[N-]. The highest BCUT2D eigenvalue weighted by atomic mass is 19.1. The third kappa shape index (κ3) is 4.57. The second-order valence-corrected chi connectivity index (χ2v) is 3.26. The van der Waals surface area contributed by atoms with Gasteiger partial charge in [-0.25, -0.2) is 4.39 Å². The van der Waals surface area contributed by atoms with Gasteiger partial charge in [-0.05, 0) is 37.1 Å². The van der Waals surface area contributed by atoms with Gasteiger partial charge in [-0.1, -0.05) is 17.3 Å². The van der Waals surface area contributed by atoms with E-state index in [0.29, 0.717) is 30.9 Å². The topological polar surface area (TPSA) is 58.0 Å². The summed E-state index contributed by atoms with van der Waals surface area (Å²) in [5, 5.41) is 3.40. The number of nitrogens with zero attached hydrogens (tertiary/aromatic N) is 3. The molecule has 0 radical (unpaired) electrons. The minimum absolute atomic E-state index is 0.303. The van der Waals surface area contributed by atoms with E-state index in [1.54, 1.807) is 12.1 Å². The van der Waals surface area contributed by atoms with Crippen LogP contribution in [0.5, 0.6) is 5.75 Å². The first-order chi connectivity index (χ1) is 8.27. The average molecular weight is 235 g/mol. The van der Waals surface area contributed by atoms with Crippen molar-refractivity contribution in [2.45, 2.75) is 13.3 Å². The summed E-state index contributed by atoms with van der Waals surface area (Å²) in [5.41, 5.74) is 8.79. The first-order valence-electron chi connectivity index (χ1n) is 5.37. The molecular weight excluding hydrogens is 221 g/mol. The first kappa shape index (κ1) is 13.1. The van der Waals surface area contributed by atoms with Gasteiger partial charge in [0.2, 0.25) is 0 Å². The van der Waals surface area contributed by atoms with Crippen molar-refractivity contribution in [3.8, 4) is 5.75 Å². The molecule has 0 spiro atoms. The third-order valence-electron chi connectivity index (χ3n) is 2.03. The molecule has 0 fully saturated rings. The Labute approximate surface area is 99.3 Å². The Morgan fingerprint density at radius 3 is 3.06 bits per heavy atom. The largest absolute Gasteiger partial charge is 0.493 e. The summed E-state index contributed by atoms with van der Waals surface area (Å²) in [7, 11) is 0. The molecule has 0 N–H and O–H groups in total. The number of rotatable bonds is 6. The molecule has 17 heavy (non-hydrogen) atoms. The molecule has 0 saturated carbocycles. The normalized spacial score (nSPS) is 10.2. The number of hydrogen-bond acceptors (Lipinski definition) is 2. The fraction of sp³-hybridized carbons (Fsp3) is 0.333. The van der Waals surface area contributed by atoms with E-state index in [9.17, 15) is 4.39 Å². The van der Waals surface area contributed by atoms with Crippen LogP contribution in [0, 0.1) is 5.82 Å².